The molecule has 0 spiro atoms. The van der Waals surface area contributed by atoms with Gasteiger partial charge in [-0.15, -0.1) is 0 Å². The highest BCUT2D eigenvalue weighted by Gasteiger charge is 2.17. The number of carbonyl (C=O) groups excluding carboxylic acids is 3. The Kier molecular flexibility index (Phi) is 5.35. The van der Waals surface area contributed by atoms with Gasteiger partial charge in [-0.25, -0.2) is 9.59 Å². The van der Waals surface area contributed by atoms with E-state index in [1.807, 2.05) is 35.8 Å². The Bertz CT molecular complexity index is 736. The van der Waals surface area contributed by atoms with Crippen molar-refractivity contribution in [2.75, 3.05) is 13.2 Å². The summed E-state index contributed by atoms with van der Waals surface area (Å²) in [5.74, 6) is -1.28. The van der Waals surface area contributed by atoms with Crippen LogP contribution in [-0.4, -0.2) is 35.6 Å². The fraction of sp³-hybridized carbons (Fsp3) is 0.312. The highest BCUT2D eigenvalue weighted by atomic mass is 16.5. The van der Waals surface area contributed by atoms with Gasteiger partial charge in [-0.1, -0.05) is 18.2 Å². The van der Waals surface area contributed by atoms with E-state index in [0.29, 0.717) is 18.7 Å². The van der Waals surface area contributed by atoms with E-state index in [-0.39, 0.29) is 0 Å². The summed E-state index contributed by atoms with van der Waals surface area (Å²) in [6.07, 6.45) is 1.70. The first-order chi connectivity index (χ1) is 11.1. The number of urea groups is 1. The molecule has 122 valence electrons. The van der Waals surface area contributed by atoms with Crippen molar-refractivity contribution < 1.29 is 19.1 Å². The largest absolute Gasteiger partial charge is 0.452 e. The van der Waals surface area contributed by atoms with Gasteiger partial charge in [0, 0.05) is 30.2 Å². The molecule has 0 bridgehead atoms. The molecule has 2 aromatic rings. The van der Waals surface area contributed by atoms with Crippen LogP contribution in [0.4, 0.5) is 4.79 Å². The molecule has 0 aliphatic heterocycles. The third-order valence-electron chi connectivity index (χ3n) is 3.27. The normalized spacial score (nSPS) is 10.3. The number of amides is 3. The van der Waals surface area contributed by atoms with Crippen LogP contribution in [0.15, 0.2) is 30.5 Å². The predicted octanol–water partition coefficient (Wildman–Crippen LogP) is 1.66. The number of imide groups is 1. The van der Waals surface area contributed by atoms with Gasteiger partial charge in [0.2, 0.25) is 0 Å². The molecule has 0 aliphatic rings. The second-order valence-electron chi connectivity index (χ2n) is 4.83. The standard InChI is InChI=1S/C16H19N3O4/c1-3-17-16(22)18-14(20)10-23-15(21)12-9-19(4-2)13-8-6-5-7-11(12)13/h5-9H,3-4,10H2,1-2H3,(H2,17,18,20,22). The van der Waals surface area contributed by atoms with Gasteiger partial charge in [-0.3, -0.25) is 10.1 Å². The van der Waals surface area contributed by atoms with Crippen molar-refractivity contribution in [1.82, 2.24) is 15.2 Å². The monoisotopic (exact) mass is 317 g/mol. The summed E-state index contributed by atoms with van der Waals surface area (Å²) in [7, 11) is 0. The number of ether oxygens (including phenoxy) is 1. The van der Waals surface area contributed by atoms with Crippen molar-refractivity contribution in [1.29, 1.82) is 0 Å². The van der Waals surface area contributed by atoms with Crippen LogP contribution in [0.2, 0.25) is 0 Å². The minimum absolute atomic E-state index is 0.397. The maximum Gasteiger partial charge on any atom is 0.340 e. The van der Waals surface area contributed by atoms with Crippen LogP contribution in [0.5, 0.6) is 0 Å². The molecule has 1 aromatic carbocycles. The van der Waals surface area contributed by atoms with Crippen molar-refractivity contribution in [2.24, 2.45) is 0 Å². The Labute approximate surface area is 133 Å². The van der Waals surface area contributed by atoms with Crippen molar-refractivity contribution in [3.05, 3.63) is 36.0 Å². The molecule has 7 nitrogen and oxygen atoms in total. The number of aryl methyl sites for hydroxylation is 1. The number of nitrogens with zero attached hydrogens (tertiary/aromatic N) is 1. The van der Waals surface area contributed by atoms with Gasteiger partial charge in [-0.05, 0) is 19.9 Å². The molecule has 3 amide bonds. The SMILES string of the molecule is CCNC(=O)NC(=O)COC(=O)c1cn(CC)c2ccccc12. The van der Waals surface area contributed by atoms with E-state index in [1.54, 1.807) is 13.1 Å². The van der Waals surface area contributed by atoms with Crippen LogP contribution in [0.3, 0.4) is 0 Å². The van der Waals surface area contributed by atoms with E-state index >= 15 is 0 Å². The number of esters is 1. The highest BCUT2D eigenvalue weighted by molar-refractivity contribution is 6.05. The molecule has 1 aromatic heterocycles. The minimum atomic E-state index is -0.677. The lowest BCUT2D eigenvalue weighted by atomic mass is 10.2. The molecule has 1 heterocycles. The summed E-state index contributed by atoms with van der Waals surface area (Å²) in [5, 5.41) is 5.25. The molecule has 0 aliphatic carbocycles. The molecule has 2 rings (SSSR count). The predicted molar refractivity (Wildman–Crippen MR) is 85.1 cm³/mol. The lowest BCUT2D eigenvalue weighted by Crippen LogP contribution is -2.41. The maximum atomic E-state index is 12.2. The third kappa shape index (κ3) is 3.88. The Balaban J connectivity index is 2.04. The summed E-state index contributed by atoms with van der Waals surface area (Å²) < 4.78 is 6.92. The minimum Gasteiger partial charge on any atom is -0.452 e. The average molecular weight is 317 g/mol. The van der Waals surface area contributed by atoms with E-state index in [9.17, 15) is 14.4 Å². The summed E-state index contributed by atoms with van der Waals surface area (Å²) in [4.78, 5) is 34.9. The van der Waals surface area contributed by atoms with Crippen LogP contribution in [0.1, 0.15) is 24.2 Å². The van der Waals surface area contributed by atoms with E-state index < -0.39 is 24.5 Å². The number of nitrogens with one attached hydrogen (secondary N) is 2. The molecule has 0 saturated heterocycles. The average Bonchev–Trinajstić information content (AvgIpc) is 2.91. The molecule has 0 saturated carbocycles. The second kappa shape index (κ2) is 7.44. The quantitative estimate of drug-likeness (QED) is 0.821. The van der Waals surface area contributed by atoms with Crippen LogP contribution in [-0.2, 0) is 16.1 Å². The Morgan fingerprint density at radius 2 is 1.91 bits per heavy atom. The van der Waals surface area contributed by atoms with Crippen molar-refractivity contribution in [3.8, 4) is 0 Å². The Morgan fingerprint density at radius 1 is 1.17 bits per heavy atom. The van der Waals surface area contributed by atoms with Crippen LogP contribution >= 0.6 is 0 Å². The van der Waals surface area contributed by atoms with Crippen molar-refractivity contribution in [2.45, 2.75) is 20.4 Å². The fourth-order valence-corrected chi connectivity index (χ4v) is 2.25. The van der Waals surface area contributed by atoms with Gasteiger partial charge in [0.15, 0.2) is 6.61 Å². The number of hydrogen-bond acceptors (Lipinski definition) is 4. The zero-order chi connectivity index (χ0) is 16.8. The number of benzene rings is 1. The molecular formula is C16H19N3O4. The molecule has 23 heavy (non-hydrogen) atoms. The molecule has 2 N–H and O–H groups in total. The second-order valence-corrected chi connectivity index (χ2v) is 4.83. The summed E-state index contributed by atoms with van der Waals surface area (Å²) >= 11 is 0. The molecular weight excluding hydrogens is 298 g/mol. The number of para-hydroxylation sites is 1. The third-order valence-corrected chi connectivity index (χ3v) is 3.27. The molecule has 0 atom stereocenters. The number of fused-ring (bicyclic) bond motifs is 1. The van der Waals surface area contributed by atoms with Gasteiger partial charge < -0.3 is 14.6 Å². The lowest BCUT2D eigenvalue weighted by Gasteiger charge is -2.05. The van der Waals surface area contributed by atoms with Crippen LogP contribution in [0.25, 0.3) is 10.9 Å². The molecule has 0 fully saturated rings. The summed E-state index contributed by atoms with van der Waals surface area (Å²) in [5.41, 5.74) is 1.32. The number of aromatic nitrogens is 1. The number of carbonyl (C=O) groups is 3. The lowest BCUT2D eigenvalue weighted by molar-refractivity contribution is -0.123. The van der Waals surface area contributed by atoms with E-state index in [4.69, 9.17) is 4.74 Å². The number of rotatable bonds is 5. The van der Waals surface area contributed by atoms with Gasteiger partial charge in [-0.2, -0.15) is 0 Å². The highest BCUT2D eigenvalue weighted by Crippen LogP contribution is 2.21. The van der Waals surface area contributed by atoms with Crippen molar-refractivity contribution >= 4 is 28.8 Å². The maximum absolute atomic E-state index is 12.2. The smallest absolute Gasteiger partial charge is 0.340 e. The van der Waals surface area contributed by atoms with Gasteiger partial charge >= 0.3 is 12.0 Å². The fourth-order valence-electron chi connectivity index (χ4n) is 2.25. The van der Waals surface area contributed by atoms with E-state index in [0.717, 1.165) is 10.9 Å². The molecule has 7 heteroatoms. The Hall–Kier alpha value is -2.83. The summed E-state index contributed by atoms with van der Waals surface area (Å²) in [6, 6.07) is 6.85. The first kappa shape index (κ1) is 16.5. The van der Waals surface area contributed by atoms with E-state index in [2.05, 4.69) is 10.6 Å². The zero-order valence-corrected chi connectivity index (χ0v) is 13.1. The summed E-state index contributed by atoms with van der Waals surface area (Å²) in [6.45, 7) is 4.30. The topological polar surface area (TPSA) is 89.4 Å². The van der Waals surface area contributed by atoms with Gasteiger partial charge in [0.25, 0.3) is 5.91 Å². The first-order valence-corrected chi connectivity index (χ1v) is 7.39. The van der Waals surface area contributed by atoms with Crippen LogP contribution in [0, 0.1) is 0 Å². The zero-order valence-electron chi connectivity index (χ0n) is 13.1. The first-order valence-electron chi connectivity index (χ1n) is 7.39. The van der Waals surface area contributed by atoms with Crippen molar-refractivity contribution in [3.63, 3.8) is 0 Å². The van der Waals surface area contributed by atoms with E-state index in [1.165, 1.54) is 0 Å². The molecule has 0 unspecified atom stereocenters. The van der Waals surface area contributed by atoms with Crippen LogP contribution < -0.4 is 10.6 Å². The van der Waals surface area contributed by atoms with Gasteiger partial charge in [0.05, 0.1) is 5.56 Å². The van der Waals surface area contributed by atoms with Gasteiger partial charge in [0.1, 0.15) is 0 Å². The number of hydrogen-bond donors (Lipinski definition) is 2. The Morgan fingerprint density at radius 3 is 2.61 bits per heavy atom. The molecule has 0 radical (unpaired) electrons.